The van der Waals surface area contributed by atoms with Crippen LogP contribution < -0.4 is 10.6 Å². The molecule has 2 aromatic rings. The third-order valence-corrected chi connectivity index (χ3v) is 5.66. The first-order valence-corrected chi connectivity index (χ1v) is 10.3. The fourth-order valence-corrected chi connectivity index (χ4v) is 3.99. The molecular weight excluding hydrogens is 403 g/mol. The summed E-state index contributed by atoms with van der Waals surface area (Å²) >= 11 is 1.67. The van der Waals surface area contributed by atoms with Crippen molar-refractivity contribution in [2.75, 3.05) is 25.0 Å². The van der Waals surface area contributed by atoms with Crippen LogP contribution in [0, 0.1) is 5.92 Å². The van der Waals surface area contributed by atoms with Gasteiger partial charge in [0.2, 0.25) is 0 Å². The van der Waals surface area contributed by atoms with Crippen molar-refractivity contribution < 1.29 is 22.8 Å². The van der Waals surface area contributed by atoms with E-state index in [0.717, 1.165) is 44.6 Å². The predicted octanol–water partition coefficient (Wildman–Crippen LogP) is 3.73. The Morgan fingerprint density at radius 2 is 1.83 bits per heavy atom. The maximum Gasteiger partial charge on any atom is 0.418 e. The number of anilines is 1. The number of benzene rings is 1. The molecule has 29 heavy (non-hydrogen) atoms. The van der Waals surface area contributed by atoms with Crippen LogP contribution in [0.25, 0.3) is 0 Å². The van der Waals surface area contributed by atoms with Crippen molar-refractivity contribution in [1.82, 2.24) is 10.2 Å². The molecule has 0 unspecified atom stereocenters. The first kappa shape index (κ1) is 21.3. The zero-order valence-electron chi connectivity index (χ0n) is 15.7. The number of hydrogen-bond donors (Lipinski definition) is 2. The van der Waals surface area contributed by atoms with Crippen LogP contribution in [0.4, 0.5) is 18.9 Å². The van der Waals surface area contributed by atoms with Crippen molar-refractivity contribution in [1.29, 1.82) is 0 Å². The van der Waals surface area contributed by atoms with Crippen molar-refractivity contribution >= 4 is 28.8 Å². The standard InChI is InChI=1S/C20H22F3N3O2S/c21-20(22,23)16-3-1-2-4-17(16)25-19(28)18(27)24-11-14-5-8-26(9-6-14)12-15-7-10-29-13-15/h1-4,7,10,13-14H,5-6,8-9,11-12H2,(H,24,27)(H,25,28). The number of carbonyl (C=O) groups excluding carboxylic acids is 2. The molecule has 0 bridgehead atoms. The van der Waals surface area contributed by atoms with Crippen LogP contribution >= 0.6 is 11.3 Å². The molecule has 2 N–H and O–H groups in total. The summed E-state index contributed by atoms with van der Waals surface area (Å²) in [6.07, 6.45) is -2.83. The Kier molecular flexibility index (Phi) is 6.92. The van der Waals surface area contributed by atoms with E-state index in [1.54, 1.807) is 11.3 Å². The Hall–Kier alpha value is -2.39. The van der Waals surface area contributed by atoms with Crippen LogP contribution in [0.2, 0.25) is 0 Å². The SMILES string of the molecule is O=C(NCC1CCN(Cc2ccsc2)CC1)C(=O)Nc1ccccc1C(F)(F)F. The molecule has 9 heteroatoms. The van der Waals surface area contributed by atoms with Crippen molar-refractivity contribution in [3.63, 3.8) is 0 Å². The van der Waals surface area contributed by atoms with Crippen molar-refractivity contribution in [3.8, 4) is 0 Å². The Morgan fingerprint density at radius 3 is 2.48 bits per heavy atom. The van der Waals surface area contributed by atoms with Gasteiger partial charge in [-0.25, -0.2) is 0 Å². The number of para-hydroxylation sites is 1. The zero-order valence-corrected chi connectivity index (χ0v) is 16.5. The molecular formula is C20H22F3N3O2S. The van der Waals surface area contributed by atoms with Gasteiger partial charge in [-0.15, -0.1) is 0 Å². The van der Waals surface area contributed by atoms with Gasteiger partial charge in [0.1, 0.15) is 0 Å². The Morgan fingerprint density at radius 1 is 1.10 bits per heavy atom. The Labute approximate surface area is 170 Å². The van der Waals surface area contributed by atoms with Crippen LogP contribution in [0.15, 0.2) is 41.1 Å². The summed E-state index contributed by atoms with van der Waals surface area (Å²) in [5.41, 5.74) is -0.126. The number of rotatable bonds is 5. The molecule has 5 nitrogen and oxygen atoms in total. The minimum absolute atomic E-state index is 0.243. The number of alkyl halides is 3. The highest BCUT2D eigenvalue weighted by Gasteiger charge is 2.34. The zero-order chi connectivity index (χ0) is 20.9. The van der Waals surface area contributed by atoms with E-state index >= 15 is 0 Å². The number of halogens is 3. The van der Waals surface area contributed by atoms with E-state index in [4.69, 9.17) is 0 Å². The van der Waals surface area contributed by atoms with Crippen LogP contribution in [-0.4, -0.2) is 36.3 Å². The molecule has 2 heterocycles. The van der Waals surface area contributed by atoms with E-state index in [2.05, 4.69) is 32.4 Å². The number of hydrogen-bond acceptors (Lipinski definition) is 4. The molecule has 156 valence electrons. The number of amides is 2. The molecule has 1 aromatic carbocycles. The molecule has 0 spiro atoms. The summed E-state index contributed by atoms with van der Waals surface area (Å²) in [5.74, 6) is -1.78. The summed E-state index contributed by atoms with van der Waals surface area (Å²) in [7, 11) is 0. The lowest BCUT2D eigenvalue weighted by Crippen LogP contribution is -2.41. The summed E-state index contributed by atoms with van der Waals surface area (Å²) in [6.45, 7) is 3.05. The number of likely N-dealkylation sites (tertiary alicyclic amines) is 1. The number of nitrogens with zero attached hydrogens (tertiary/aromatic N) is 1. The minimum atomic E-state index is -4.61. The van der Waals surface area contributed by atoms with E-state index in [-0.39, 0.29) is 5.92 Å². The van der Waals surface area contributed by atoms with Gasteiger partial charge in [-0.3, -0.25) is 14.5 Å². The van der Waals surface area contributed by atoms with E-state index in [1.807, 2.05) is 0 Å². The van der Waals surface area contributed by atoms with E-state index in [0.29, 0.717) is 6.54 Å². The second-order valence-electron chi connectivity index (χ2n) is 7.06. The minimum Gasteiger partial charge on any atom is -0.348 e. The van der Waals surface area contributed by atoms with Crippen molar-refractivity contribution in [3.05, 3.63) is 52.2 Å². The summed E-state index contributed by atoms with van der Waals surface area (Å²) in [5, 5.41) is 8.78. The molecule has 0 saturated carbocycles. The van der Waals surface area contributed by atoms with Gasteiger partial charge in [0.05, 0.1) is 11.3 Å². The molecule has 0 aliphatic carbocycles. The summed E-state index contributed by atoms with van der Waals surface area (Å²) < 4.78 is 39.0. The van der Waals surface area contributed by atoms with Gasteiger partial charge in [0.15, 0.2) is 0 Å². The first-order valence-electron chi connectivity index (χ1n) is 9.32. The van der Waals surface area contributed by atoms with Crippen LogP contribution in [0.1, 0.15) is 24.0 Å². The molecule has 3 rings (SSSR count). The van der Waals surface area contributed by atoms with Gasteiger partial charge in [-0.2, -0.15) is 24.5 Å². The molecule has 1 aliphatic rings. The van der Waals surface area contributed by atoms with Gasteiger partial charge >= 0.3 is 18.0 Å². The molecule has 1 aliphatic heterocycles. The summed E-state index contributed by atoms with van der Waals surface area (Å²) in [4.78, 5) is 26.4. The van der Waals surface area contributed by atoms with Crippen LogP contribution in [0.3, 0.4) is 0 Å². The van der Waals surface area contributed by atoms with Crippen LogP contribution in [0.5, 0.6) is 0 Å². The van der Waals surface area contributed by atoms with E-state index in [1.165, 1.54) is 17.7 Å². The van der Waals surface area contributed by atoms with Gasteiger partial charge in [-0.05, 0) is 66.4 Å². The van der Waals surface area contributed by atoms with Crippen LogP contribution in [-0.2, 0) is 22.3 Å². The van der Waals surface area contributed by atoms with Gasteiger partial charge in [-0.1, -0.05) is 12.1 Å². The maximum absolute atomic E-state index is 13.0. The molecule has 1 saturated heterocycles. The highest BCUT2D eigenvalue weighted by Crippen LogP contribution is 2.34. The topological polar surface area (TPSA) is 61.4 Å². The predicted molar refractivity (Wildman–Crippen MR) is 105 cm³/mol. The smallest absolute Gasteiger partial charge is 0.348 e. The highest BCUT2D eigenvalue weighted by atomic mass is 32.1. The van der Waals surface area contributed by atoms with E-state index in [9.17, 15) is 22.8 Å². The normalized spacial score (nSPS) is 15.8. The lowest BCUT2D eigenvalue weighted by molar-refractivity contribution is -0.138. The first-order chi connectivity index (χ1) is 13.8. The van der Waals surface area contributed by atoms with E-state index < -0.39 is 29.2 Å². The monoisotopic (exact) mass is 425 g/mol. The molecule has 2 amide bonds. The number of carbonyl (C=O) groups is 2. The second-order valence-corrected chi connectivity index (χ2v) is 7.84. The Bertz CT molecular complexity index is 832. The number of nitrogens with one attached hydrogen (secondary N) is 2. The molecule has 1 fully saturated rings. The third-order valence-electron chi connectivity index (χ3n) is 4.93. The number of thiophene rings is 1. The fourth-order valence-electron chi connectivity index (χ4n) is 3.33. The van der Waals surface area contributed by atoms with Gasteiger partial charge in [0.25, 0.3) is 0 Å². The lowest BCUT2D eigenvalue weighted by Gasteiger charge is -2.31. The highest BCUT2D eigenvalue weighted by molar-refractivity contribution is 7.07. The van der Waals surface area contributed by atoms with Crippen molar-refractivity contribution in [2.24, 2.45) is 5.92 Å². The average Bonchev–Trinajstić information content (AvgIpc) is 3.20. The second kappa shape index (κ2) is 9.41. The van der Waals surface area contributed by atoms with Crippen molar-refractivity contribution in [2.45, 2.75) is 25.6 Å². The summed E-state index contributed by atoms with van der Waals surface area (Å²) in [6, 6.07) is 6.68. The number of piperidine rings is 1. The largest absolute Gasteiger partial charge is 0.418 e. The molecule has 0 radical (unpaired) electrons. The average molecular weight is 425 g/mol. The van der Waals surface area contributed by atoms with Gasteiger partial charge < -0.3 is 10.6 Å². The quantitative estimate of drug-likeness (QED) is 0.718. The third kappa shape index (κ3) is 6.04. The molecule has 1 aromatic heterocycles. The lowest BCUT2D eigenvalue weighted by atomic mass is 9.96. The fraction of sp³-hybridized carbons (Fsp3) is 0.400. The maximum atomic E-state index is 13.0. The molecule has 0 atom stereocenters. The van der Waals surface area contributed by atoms with Gasteiger partial charge in [0, 0.05) is 13.1 Å². The Balaban J connectivity index is 1.44.